The van der Waals surface area contributed by atoms with E-state index in [-0.39, 0.29) is 0 Å². The maximum Gasteiger partial charge on any atom is -0.0351 e. The molecule has 1 radical (unpaired) electrons. The smallest absolute Gasteiger partial charge is 0.0351 e. The molecule has 0 heteroatoms. The first kappa shape index (κ1) is 16.7. The quantitative estimate of drug-likeness (QED) is 0.254. The molecule has 0 nitrogen and oxygen atoms in total. The molecule has 0 unspecified atom stereocenters. The number of rotatable bonds is 13. The second kappa shape index (κ2) is 15.7. The van der Waals surface area contributed by atoms with E-state index in [1.54, 1.807) is 0 Å². The van der Waals surface area contributed by atoms with Crippen molar-refractivity contribution >= 4 is 0 Å². The zero-order valence-electron chi connectivity index (χ0n) is 12.1. The van der Waals surface area contributed by atoms with Gasteiger partial charge in [0.25, 0.3) is 0 Å². The summed E-state index contributed by atoms with van der Waals surface area (Å²) in [6, 6.07) is 0. The Labute approximate surface area is 110 Å². The predicted molar refractivity (Wildman–Crippen MR) is 80.2 cm³/mol. The molecular weight excluding hydrogens is 204 g/mol. The molecule has 0 N–H and O–H groups in total. The third-order valence-corrected chi connectivity index (χ3v) is 3.26. The predicted octanol–water partition coefficient (Wildman–Crippen LogP) is 6.47. The average Bonchev–Trinajstić information content (AvgIpc) is 2.35. The topological polar surface area (TPSA) is 0 Å². The SMILES string of the molecule is [CH2]CCCCCCC/C=C\CCCCCCC. The molecule has 0 saturated carbocycles. The highest BCUT2D eigenvalue weighted by Gasteiger charge is 1.89. The summed E-state index contributed by atoms with van der Waals surface area (Å²) in [4.78, 5) is 0. The Hall–Kier alpha value is -0.260. The van der Waals surface area contributed by atoms with E-state index in [4.69, 9.17) is 0 Å². The highest BCUT2D eigenvalue weighted by molar-refractivity contribution is 4.81. The van der Waals surface area contributed by atoms with Gasteiger partial charge in [-0.15, -0.1) is 0 Å². The van der Waals surface area contributed by atoms with Gasteiger partial charge in [0.1, 0.15) is 0 Å². The van der Waals surface area contributed by atoms with Crippen molar-refractivity contribution in [2.24, 2.45) is 0 Å². The minimum atomic E-state index is 1.11. The van der Waals surface area contributed by atoms with Gasteiger partial charge in [-0.05, 0) is 25.7 Å². The molecule has 0 rings (SSSR count). The fourth-order valence-electron chi connectivity index (χ4n) is 2.07. The van der Waals surface area contributed by atoms with E-state index < -0.39 is 0 Å². The van der Waals surface area contributed by atoms with Crippen molar-refractivity contribution in [3.05, 3.63) is 19.1 Å². The molecule has 0 spiro atoms. The van der Waals surface area contributed by atoms with Gasteiger partial charge in [-0.2, -0.15) is 0 Å². The van der Waals surface area contributed by atoms with Crippen molar-refractivity contribution in [2.75, 3.05) is 0 Å². The largest absolute Gasteiger partial charge is 0.0885 e. The van der Waals surface area contributed by atoms with Gasteiger partial charge >= 0.3 is 0 Å². The maximum absolute atomic E-state index is 3.87. The molecule has 0 fully saturated rings. The third kappa shape index (κ3) is 15.7. The fourth-order valence-corrected chi connectivity index (χ4v) is 2.07. The monoisotopic (exact) mass is 237 g/mol. The van der Waals surface area contributed by atoms with Gasteiger partial charge in [-0.25, -0.2) is 0 Å². The summed E-state index contributed by atoms with van der Waals surface area (Å²) in [5, 5.41) is 0. The summed E-state index contributed by atoms with van der Waals surface area (Å²) >= 11 is 0. The van der Waals surface area contributed by atoms with Crippen LogP contribution in [-0.4, -0.2) is 0 Å². The first-order chi connectivity index (χ1) is 8.41. The molecule has 101 valence electrons. The Morgan fingerprint density at radius 2 is 1.12 bits per heavy atom. The minimum absolute atomic E-state index is 1.11. The molecule has 0 aromatic carbocycles. The summed E-state index contributed by atoms with van der Waals surface area (Å²) < 4.78 is 0. The molecule has 0 aliphatic heterocycles. The Balaban J connectivity index is 2.99. The van der Waals surface area contributed by atoms with Gasteiger partial charge in [0, 0.05) is 0 Å². The highest BCUT2D eigenvalue weighted by Crippen LogP contribution is 2.08. The van der Waals surface area contributed by atoms with Crippen LogP contribution in [0.1, 0.15) is 90.4 Å². The molecule has 0 aromatic heterocycles. The molecule has 0 atom stereocenters. The molecule has 17 heavy (non-hydrogen) atoms. The summed E-state index contributed by atoms with van der Waals surface area (Å²) in [7, 11) is 0. The van der Waals surface area contributed by atoms with Crippen LogP contribution in [0.15, 0.2) is 12.2 Å². The van der Waals surface area contributed by atoms with E-state index >= 15 is 0 Å². The van der Waals surface area contributed by atoms with Gasteiger partial charge in [0.05, 0.1) is 0 Å². The maximum atomic E-state index is 3.87. The van der Waals surface area contributed by atoms with E-state index in [2.05, 4.69) is 26.0 Å². The molecule has 0 amide bonds. The second-order valence-electron chi connectivity index (χ2n) is 5.08. The van der Waals surface area contributed by atoms with Crippen LogP contribution in [0.4, 0.5) is 0 Å². The lowest BCUT2D eigenvalue weighted by Gasteiger charge is -1.98. The number of allylic oxidation sites excluding steroid dienone is 2. The van der Waals surface area contributed by atoms with Crippen LogP contribution >= 0.6 is 0 Å². The van der Waals surface area contributed by atoms with Crippen LogP contribution in [0.2, 0.25) is 0 Å². The van der Waals surface area contributed by atoms with Crippen LogP contribution in [0.25, 0.3) is 0 Å². The van der Waals surface area contributed by atoms with Crippen molar-refractivity contribution in [2.45, 2.75) is 90.4 Å². The van der Waals surface area contributed by atoms with Gasteiger partial charge in [-0.1, -0.05) is 83.8 Å². The van der Waals surface area contributed by atoms with Crippen molar-refractivity contribution in [1.29, 1.82) is 0 Å². The Morgan fingerprint density at radius 1 is 0.647 bits per heavy atom. The minimum Gasteiger partial charge on any atom is -0.0885 e. The van der Waals surface area contributed by atoms with Crippen molar-refractivity contribution in [3.63, 3.8) is 0 Å². The van der Waals surface area contributed by atoms with Crippen LogP contribution in [0, 0.1) is 6.92 Å². The van der Waals surface area contributed by atoms with Crippen LogP contribution < -0.4 is 0 Å². The number of hydrogen-bond acceptors (Lipinski definition) is 0. The normalized spacial score (nSPS) is 11.4. The Morgan fingerprint density at radius 3 is 1.65 bits per heavy atom. The standard InChI is InChI=1S/C17H33/c1-3-5-7-9-11-13-15-17-16-14-12-10-8-6-4-2/h16-17H,1,3-15H2,2H3/b17-16-. The van der Waals surface area contributed by atoms with E-state index in [1.165, 1.54) is 77.0 Å². The summed E-state index contributed by atoms with van der Waals surface area (Å²) in [5.41, 5.74) is 0. The first-order valence-electron chi connectivity index (χ1n) is 7.86. The summed E-state index contributed by atoms with van der Waals surface area (Å²) in [5.74, 6) is 0. The first-order valence-corrected chi connectivity index (χ1v) is 7.86. The molecule has 0 saturated heterocycles. The van der Waals surface area contributed by atoms with E-state index in [1.807, 2.05) is 0 Å². The lowest BCUT2D eigenvalue weighted by molar-refractivity contribution is 0.619. The number of unbranched alkanes of at least 4 members (excludes halogenated alkanes) is 11. The third-order valence-electron chi connectivity index (χ3n) is 3.26. The highest BCUT2D eigenvalue weighted by atomic mass is 13.9. The van der Waals surface area contributed by atoms with Gasteiger partial charge in [0.2, 0.25) is 0 Å². The molecule has 0 aliphatic rings. The van der Waals surface area contributed by atoms with E-state index in [0.717, 1.165) is 6.42 Å². The van der Waals surface area contributed by atoms with Crippen molar-refractivity contribution in [3.8, 4) is 0 Å². The van der Waals surface area contributed by atoms with Gasteiger partial charge in [-0.3, -0.25) is 0 Å². The molecule has 0 bridgehead atoms. The van der Waals surface area contributed by atoms with Crippen LogP contribution in [-0.2, 0) is 0 Å². The van der Waals surface area contributed by atoms with E-state index in [9.17, 15) is 0 Å². The van der Waals surface area contributed by atoms with Gasteiger partial charge < -0.3 is 0 Å². The van der Waals surface area contributed by atoms with Crippen LogP contribution in [0.5, 0.6) is 0 Å². The van der Waals surface area contributed by atoms with Crippen LogP contribution in [0.3, 0.4) is 0 Å². The fraction of sp³-hybridized carbons (Fsp3) is 0.824. The molecule has 0 aliphatic carbocycles. The molecular formula is C17H33. The summed E-state index contributed by atoms with van der Waals surface area (Å²) in [6.07, 6.45) is 22.4. The average molecular weight is 237 g/mol. The Kier molecular flexibility index (Phi) is 15.5. The Bertz CT molecular complexity index is 146. The molecule has 0 aromatic rings. The van der Waals surface area contributed by atoms with Crippen molar-refractivity contribution < 1.29 is 0 Å². The zero-order valence-corrected chi connectivity index (χ0v) is 12.1. The number of hydrogen-bond donors (Lipinski definition) is 0. The van der Waals surface area contributed by atoms with Gasteiger partial charge in [0.15, 0.2) is 0 Å². The summed E-state index contributed by atoms with van der Waals surface area (Å²) in [6.45, 7) is 6.14. The molecule has 0 heterocycles. The lowest BCUT2D eigenvalue weighted by Crippen LogP contribution is -1.78. The zero-order chi connectivity index (χ0) is 12.6. The van der Waals surface area contributed by atoms with Crippen molar-refractivity contribution in [1.82, 2.24) is 0 Å². The lowest BCUT2D eigenvalue weighted by atomic mass is 10.1. The van der Waals surface area contributed by atoms with E-state index in [0.29, 0.717) is 0 Å². The second-order valence-corrected chi connectivity index (χ2v) is 5.08.